The van der Waals surface area contributed by atoms with Gasteiger partial charge in [-0.2, -0.15) is 0 Å². The van der Waals surface area contributed by atoms with Crippen LogP contribution in [0.3, 0.4) is 0 Å². The molecule has 5 heteroatoms. The maximum Gasteiger partial charge on any atom is 0.231 e. The summed E-state index contributed by atoms with van der Waals surface area (Å²) >= 11 is 0. The van der Waals surface area contributed by atoms with Gasteiger partial charge in [0.25, 0.3) is 0 Å². The van der Waals surface area contributed by atoms with E-state index in [2.05, 4.69) is 0 Å². The highest BCUT2D eigenvalue weighted by atomic mass is 16.7. The van der Waals surface area contributed by atoms with Gasteiger partial charge in [-0.3, -0.25) is 0 Å². The van der Waals surface area contributed by atoms with E-state index in [0.717, 1.165) is 5.56 Å². The second-order valence-corrected chi connectivity index (χ2v) is 3.37. The Kier molecular flexibility index (Phi) is 3.05. The molecule has 1 aliphatic rings. The Morgan fingerprint density at radius 3 is 2.62 bits per heavy atom. The molecule has 0 radical (unpaired) electrons. The topological polar surface area (TPSA) is 62.9 Å². The zero-order chi connectivity index (χ0) is 11.5. The Morgan fingerprint density at radius 1 is 1.25 bits per heavy atom. The van der Waals surface area contributed by atoms with Crippen LogP contribution in [-0.2, 0) is 6.42 Å². The number of methoxy groups -OCH3 is 2. The van der Waals surface area contributed by atoms with Crippen molar-refractivity contribution in [1.29, 1.82) is 0 Å². The smallest absolute Gasteiger partial charge is 0.231 e. The maximum absolute atomic E-state index is 5.55. The molecule has 0 aromatic heterocycles. The summed E-state index contributed by atoms with van der Waals surface area (Å²) in [5, 5.41) is 0. The zero-order valence-electron chi connectivity index (χ0n) is 9.41. The Morgan fingerprint density at radius 2 is 2.00 bits per heavy atom. The van der Waals surface area contributed by atoms with E-state index < -0.39 is 0 Å². The van der Waals surface area contributed by atoms with Crippen LogP contribution in [0, 0.1) is 0 Å². The van der Waals surface area contributed by atoms with Crippen LogP contribution in [-0.4, -0.2) is 27.6 Å². The van der Waals surface area contributed by atoms with E-state index >= 15 is 0 Å². The fraction of sp³-hybridized carbons (Fsp3) is 0.455. The van der Waals surface area contributed by atoms with Crippen LogP contribution < -0.4 is 24.7 Å². The van der Waals surface area contributed by atoms with Crippen molar-refractivity contribution in [3.05, 3.63) is 11.6 Å². The van der Waals surface area contributed by atoms with Crippen LogP contribution in [0.5, 0.6) is 23.0 Å². The van der Waals surface area contributed by atoms with E-state index in [1.54, 1.807) is 14.2 Å². The van der Waals surface area contributed by atoms with Crippen molar-refractivity contribution in [2.45, 2.75) is 6.42 Å². The van der Waals surface area contributed by atoms with E-state index in [4.69, 9.17) is 24.7 Å². The fourth-order valence-electron chi connectivity index (χ4n) is 1.78. The van der Waals surface area contributed by atoms with Gasteiger partial charge < -0.3 is 24.7 Å². The molecule has 0 bridgehead atoms. The van der Waals surface area contributed by atoms with E-state index in [9.17, 15) is 0 Å². The van der Waals surface area contributed by atoms with Crippen LogP contribution in [0.2, 0.25) is 0 Å². The molecule has 16 heavy (non-hydrogen) atoms. The lowest BCUT2D eigenvalue weighted by Crippen LogP contribution is -2.05. The summed E-state index contributed by atoms with van der Waals surface area (Å²) in [6.07, 6.45) is 0.705. The SMILES string of the molecule is COc1cc(CCN)c(OC)c2c1OCO2. The van der Waals surface area contributed by atoms with Gasteiger partial charge in [-0.15, -0.1) is 0 Å². The molecule has 0 amide bonds. The van der Waals surface area contributed by atoms with Gasteiger partial charge in [0, 0.05) is 5.56 Å². The van der Waals surface area contributed by atoms with Gasteiger partial charge in [-0.25, -0.2) is 0 Å². The van der Waals surface area contributed by atoms with Crippen molar-refractivity contribution in [3.8, 4) is 23.0 Å². The first-order valence-electron chi connectivity index (χ1n) is 5.05. The summed E-state index contributed by atoms with van der Waals surface area (Å²) in [6, 6.07) is 1.87. The van der Waals surface area contributed by atoms with Gasteiger partial charge in [0.05, 0.1) is 14.2 Å². The predicted octanol–water partition coefficient (Wildman–Crippen LogP) is 0.934. The lowest BCUT2D eigenvalue weighted by Gasteiger charge is -2.13. The van der Waals surface area contributed by atoms with Crippen LogP contribution in [0.15, 0.2) is 6.07 Å². The van der Waals surface area contributed by atoms with Crippen LogP contribution >= 0.6 is 0 Å². The van der Waals surface area contributed by atoms with Crippen molar-refractivity contribution in [3.63, 3.8) is 0 Å². The van der Waals surface area contributed by atoms with Gasteiger partial charge in [0.2, 0.25) is 18.3 Å². The molecule has 0 atom stereocenters. The van der Waals surface area contributed by atoms with Crippen molar-refractivity contribution in [2.75, 3.05) is 27.6 Å². The summed E-state index contributed by atoms with van der Waals surface area (Å²) in [5.74, 6) is 2.53. The van der Waals surface area contributed by atoms with Gasteiger partial charge in [-0.05, 0) is 19.0 Å². The largest absolute Gasteiger partial charge is 0.493 e. The number of nitrogens with two attached hydrogens (primary N) is 1. The third kappa shape index (κ3) is 1.63. The first kappa shape index (κ1) is 10.9. The highest BCUT2D eigenvalue weighted by Crippen LogP contribution is 2.49. The van der Waals surface area contributed by atoms with Gasteiger partial charge in [0.1, 0.15) is 0 Å². The van der Waals surface area contributed by atoms with Gasteiger partial charge in [-0.1, -0.05) is 0 Å². The van der Waals surface area contributed by atoms with Gasteiger partial charge >= 0.3 is 0 Å². The molecule has 0 unspecified atom stereocenters. The molecule has 88 valence electrons. The molecule has 2 rings (SSSR count). The Hall–Kier alpha value is -1.62. The van der Waals surface area contributed by atoms with Crippen molar-refractivity contribution in [1.82, 2.24) is 0 Å². The molecule has 0 saturated carbocycles. The maximum atomic E-state index is 5.55. The number of hydrogen-bond donors (Lipinski definition) is 1. The summed E-state index contributed by atoms with van der Waals surface area (Å²) in [4.78, 5) is 0. The molecule has 2 N–H and O–H groups in total. The second kappa shape index (κ2) is 4.49. The molecule has 1 aromatic rings. The first-order chi connectivity index (χ1) is 7.81. The fourth-order valence-corrected chi connectivity index (χ4v) is 1.78. The number of rotatable bonds is 4. The van der Waals surface area contributed by atoms with Crippen molar-refractivity contribution >= 4 is 0 Å². The molecule has 0 aliphatic carbocycles. The summed E-state index contributed by atoms with van der Waals surface area (Å²) in [6.45, 7) is 0.729. The standard InChI is InChI=1S/C11H15NO4/c1-13-8-5-7(3-4-12)9(14-2)11-10(8)15-6-16-11/h5H,3-4,6,12H2,1-2H3. The van der Waals surface area contributed by atoms with E-state index in [0.29, 0.717) is 36.0 Å². The predicted molar refractivity (Wildman–Crippen MR) is 58.4 cm³/mol. The summed E-state index contributed by atoms with van der Waals surface area (Å²) in [7, 11) is 3.19. The summed E-state index contributed by atoms with van der Waals surface area (Å²) < 4.78 is 21.3. The lowest BCUT2D eigenvalue weighted by atomic mass is 10.1. The number of hydrogen-bond acceptors (Lipinski definition) is 5. The van der Waals surface area contributed by atoms with E-state index in [-0.39, 0.29) is 6.79 Å². The number of fused-ring (bicyclic) bond motifs is 1. The minimum atomic E-state index is 0.189. The lowest BCUT2D eigenvalue weighted by molar-refractivity contribution is 0.168. The Bertz CT molecular complexity index is 392. The highest BCUT2D eigenvalue weighted by molar-refractivity contribution is 5.63. The van der Waals surface area contributed by atoms with Crippen LogP contribution in [0.25, 0.3) is 0 Å². The normalized spacial score (nSPS) is 12.7. The molecule has 1 aliphatic heterocycles. The first-order valence-corrected chi connectivity index (χ1v) is 5.05. The van der Waals surface area contributed by atoms with Crippen LogP contribution in [0.1, 0.15) is 5.56 Å². The van der Waals surface area contributed by atoms with Crippen molar-refractivity contribution in [2.24, 2.45) is 5.73 Å². The van der Waals surface area contributed by atoms with Crippen molar-refractivity contribution < 1.29 is 18.9 Å². The highest BCUT2D eigenvalue weighted by Gasteiger charge is 2.26. The van der Waals surface area contributed by atoms with E-state index in [1.807, 2.05) is 6.07 Å². The number of benzene rings is 1. The molecular weight excluding hydrogens is 210 g/mol. The second-order valence-electron chi connectivity index (χ2n) is 3.37. The molecule has 0 spiro atoms. The molecule has 0 fully saturated rings. The Labute approximate surface area is 94.0 Å². The minimum absolute atomic E-state index is 0.189. The Balaban J connectivity index is 2.53. The minimum Gasteiger partial charge on any atom is -0.493 e. The quantitative estimate of drug-likeness (QED) is 0.826. The average molecular weight is 225 g/mol. The van der Waals surface area contributed by atoms with Crippen LogP contribution in [0.4, 0.5) is 0 Å². The third-order valence-electron chi connectivity index (χ3n) is 2.48. The number of ether oxygens (including phenoxy) is 4. The molecule has 1 heterocycles. The molecule has 0 saturated heterocycles. The van der Waals surface area contributed by atoms with E-state index in [1.165, 1.54) is 0 Å². The summed E-state index contributed by atoms with van der Waals surface area (Å²) in [5.41, 5.74) is 6.52. The monoisotopic (exact) mass is 225 g/mol. The average Bonchev–Trinajstić information content (AvgIpc) is 2.77. The third-order valence-corrected chi connectivity index (χ3v) is 2.48. The molecular formula is C11H15NO4. The molecule has 1 aromatic carbocycles. The zero-order valence-corrected chi connectivity index (χ0v) is 9.41. The molecule has 5 nitrogen and oxygen atoms in total. The van der Waals surface area contributed by atoms with Gasteiger partial charge in [0.15, 0.2) is 11.5 Å².